The first kappa shape index (κ1) is 13.9. The van der Waals surface area contributed by atoms with Gasteiger partial charge in [-0.15, -0.1) is 0 Å². The summed E-state index contributed by atoms with van der Waals surface area (Å²) in [6, 6.07) is 10.1. The maximum atomic E-state index is 11.2. The Kier molecular flexibility index (Phi) is 3.57. The van der Waals surface area contributed by atoms with Gasteiger partial charge in [-0.2, -0.15) is 0 Å². The van der Waals surface area contributed by atoms with Crippen LogP contribution in [-0.4, -0.2) is 16.1 Å². The van der Waals surface area contributed by atoms with Crippen LogP contribution in [0.4, 0.5) is 0 Å². The summed E-state index contributed by atoms with van der Waals surface area (Å²) in [5.74, 6) is -0.605. The number of para-hydroxylation sites is 1. The van der Waals surface area contributed by atoms with E-state index in [1.807, 2.05) is 6.07 Å². The second kappa shape index (κ2) is 5.39. The van der Waals surface area contributed by atoms with E-state index in [-0.39, 0.29) is 5.56 Å². The average molecular weight is 322 g/mol. The topological polar surface area (TPSA) is 63.3 Å². The number of carboxylic acids is 1. The molecule has 0 atom stereocenters. The Morgan fingerprint density at radius 1 is 1.19 bits per heavy atom. The van der Waals surface area contributed by atoms with E-state index < -0.39 is 5.97 Å². The zero-order valence-electron chi connectivity index (χ0n) is 10.6. The van der Waals surface area contributed by atoms with Crippen molar-refractivity contribution in [3.8, 4) is 0 Å². The first-order valence-electron chi connectivity index (χ1n) is 6.10. The smallest absolute Gasteiger partial charge is 0.338 e. The molecule has 1 N–H and O–H groups in total. The Bertz CT molecular complexity index is 842. The first-order chi connectivity index (χ1) is 10.0. The molecule has 3 rings (SSSR count). The second-order valence-corrected chi connectivity index (χ2v) is 5.30. The van der Waals surface area contributed by atoms with E-state index in [9.17, 15) is 4.79 Å². The molecule has 0 bridgehead atoms. The highest BCUT2D eigenvalue weighted by atomic mass is 35.5. The summed E-state index contributed by atoms with van der Waals surface area (Å²) in [6.45, 7) is 0. The van der Waals surface area contributed by atoms with E-state index >= 15 is 0 Å². The van der Waals surface area contributed by atoms with Crippen molar-refractivity contribution in [3.63, 3.8) is 0 Å². The van der Waals surface area contributed by atoms with Gasteiger partial charge in [0.2, 0.25) is 0 Å². The van der Waals surface area contributed by atoms with Crippen molar-refractivity contribution >= 4 is 40.3 Å². The normalized spacial score (nSPS) is 11.0. The van der Waals surface area contributed by atoms with Gasteiger partial charge in [0.1, 0.15) is 5.52 Å². The Hall–Kier alpha value is -2.04. The fourth-order valence-corrected chi connectivity index (χ4v) is 2.39. The molecule has 1 aromatic heterocycles. The highest BCUT2D eigenvalue weighted by Gasteiger charge is 2.14. The third kappa shape index (κ3) is 2.73. The average Bonchev–Trinajstić information content (AvgIpc) is 2.84. The lowest BCUT2D eigenvalue weighted by Gasteiger charge is -1.99. The summed E-state index contributed by atoms with van der Waals surface area (Å²) >= 11 is 11.8. The molecular formula is C15H9Cl2NO3. The second-order valence-electron chi connectivity index (χ2n) is 4.49. The fraction of sp³-hybridized carbons (Fsp3) is 0.0667. The molecule has 0 unspecified atom stereocenters. The van der Waals surface area contributed by atoms with Gasteiger partial charge in [0.05, 0.1) is 15.6 Å². The predicted octanol–water partition coefficient (Wildman–Crippen LogP) is 4.42. The van der Waals surface area contributed by atoms with Gasteiger partial charge in [0.15, 0.2) is 11.5 Å². The van der Waals surface area contributed by atoms with Crippen LogP contribution in [0.1, 0.15) is 21.8 Å². The van der Waals surface area contributed by atoms with Crippen LogP contribution >= 0.6 is 23.2 Å². The lowest BCUT2D eigenvalue weighted by atomic mass is 10.1. The van der Waals surface area contributed by atoms with Gasteiger partial charge < -0.3 is 9.52 Å². The van der Waals surface area contributed by atoms with Crippen molar-refractivity contribution in [2.75, 3.05) is 0 Å². The number of carboxylic acid groups (broad SMARTS) is 1. The maximum absolute atomic E-state index is 11.2. The Morgan fingerprint density at radius 3 is 2.71 bits per heavy atom. The van der Waals surface area contributed by atoms with Crippen molar-refractivity contribution in [1.29, 1.82) is 0 Å². The quantitative estimate of drug-likeness (QED) is 0.775. The van der Waals surface area contributed by atoms with Crippen LogP contribution in [0.25, 0.3) is 11.1 Å². The summed E-state index contributed by atoms with van der Waals surface area (Å²) < 4.78 is 5.58. The molecule has 0 saturated carbocycles. The van der Waals surface area contributed by atoms with Crippen LogP contribution in [0.5, 0.6) is 0 Å². The van der Waals surface area contributed by atoms with Gasteiger partial charge in [-0.05, 0) is 29.8 Å². The summed E-state index contributed by atoms with van der Waals surface area (Å²) in [6.07, 6.45) is 0.407. The van der Waals surface area contributed by atoms with Gasteiger partial charge in [-0.1, -0.05) is 35.3 Å². The fourth-order valence-electron chi connectivity index (χ4n) is 2.07. The lowest BCUT2D eigenvalue weighted by molar-refractivity contribution is 0.0699. The molecule has 0 aliphatic heterocycles. The van der Waals surface area contributed by atoms with E-state index in [0.717, 1.165) is 5.56 Å². The summed E-state index contributed by atoms with van der Waals surface area (Å²) in [5.41, 5.74) is 1.80. The van der Waals surface area contributed by atoms with Crippen LogP contribution in [0.3, 0.4) is 0 Å². The highest BCUT2D eigenvalue weighted by molar-refractivity contribution is 6.42. The van der Waals surface area contributed by atoms with Crippen molar-refractivity contribution in [3.05, 3.63) is 63.5 Å². The molecule has 0 amide bonds. The monoisotopic (exact) mass is 321 g/mol. The molecule has 106 valence electrons. The minimum Gasteiger partial charge on any atom is -0.478 e. The van der Waals surface area contributed by atoms with Gasteiger partial charge >= 0.3 is 5.97 Å². The Balaban J connectivity index is 1.99. The number of halogens is 2. The molecule has 0 aliphatic carbocycles. The first-order valence-corrected chi connectivity index (χ1v) is 6.86. The predicted molar refractivity (Wildman–Crippen MR) is 80.2 cm³/mol. The Morgan fingerprint density at radius 2 is 2.00 bits per heavy atom. The van der Waals surface area contributed by atoms with Gasteiger partial charge in [0, 0.05) is 6.42 Å². The van der Waals surface area contributed by atoms with Crippen LogP contribution in [-0.2, 0) is 6.42 Å². The number of benzene rings is 2. The number of hydrogen-bond donors (Lipinski definition) is 1. The molecule has 2 aromatic carbocycles. The van der Waals surface area contributed by atoms with E-state index in [2.05, 4.69) is 4.98 Å². The van der Waals surface area contributed by atoms with Gasteiger partial charge in [-0.3, -0.25) is 0 Å². The molecule has 0 fully saturated rings. The molecule has 0 saturated heterocycles. The SMILES string of the molecule is O=C(O)c1cccc2oc(Cc3ccc(Cl)c(Cl)c3)nc12. The van der Waals surface area contributed by atoms with E-state index in [0.29, 0.717) is 33.5 Å². The molecule has 6 heteroatoms. The number of carbonyl (C=O) groups is 1. The Labute approximate surface area is 129 Å². The van der Waals surface area contributed by atoms with Crippen molar-refractivity contribution in [2.24, 2.45) is 0 Å². The van der Waals surface area contributed by atoms with E-state index in [1.165, 1.54) is 6.07 Å². The lowest BCUT2D eigenvalue weighted by Crippen LogP contribution is -1.97. The van der Waals surface area contributed by atoms with Gasteiger partial charge in [0.25, 0.3) is 0 Å². The molecule has 1 heterocycles. The molecule has 0 radical (unpaired) electrons. The van der Waals surface area contributed by atoms with E-state index in [4.69, 9.17) is 32.7 Å². The molecule has 3 aromatic rings. The largest absolute Gasteiger partial charge is 0.478 e. The number of fused-ring (bicyclic) bond motifs is 1. The number of nitrogens with zero attached hydrogens (tertiary/aromatic N) is 1. The van der Waals surface area contributed by atoms with E-state index in [1.54, 1.807) is 24.3 Å². The molecular weight excluding hydrogens is 313 g/mol. The molecule has 4 nitrogen and oxygen atoms in total. The van der Waals surface area contributed by atoms with Crippen molar-refractivity contribution < 1.29 is 14.3 Å². The van der Waals surface area contributed by atoms with Crippen molar-refractivity contribution in [2.45, 2.75) is 6.42 Å². The van der Waals surface area contributed by atoms with Crippen molar-refractivity contribution in [1.82, 2.24) is 4.98 Å². The standard InChI is InChI=1S/C15H9Cl2NO3/c16-10-5-4-8(6-11(10)17)7-13-18-14-9(15(19)20)2-1-3-12(14)21-13/h1-6H,7H2,(H,19,20). The minimum absolute atomic E-state index is 0.122. The third-order valence-electron chi connectivity index (χ3n) is 3.03. The number of aromatic carboxylic acids is 1. The van der Waals surface area contributed by atoms with Crippen LogP contribution < -0.4 is 0 Å². The summed E-state index contributed by atoms with van der Waals surface area (Å²) in [7, 11) is 0. The van der Waals surface area contributed by atoms with Crippen LogP contribution in [0.15, 0.2) is 40.8 Å². The number of aromatic nitrogens is 1. The molecule has 21 heavy (non-hydrogen) atoms. The molecule has 0 aliphatic rings. The van der Waals surface area contributed by atoms with Gasteiger partial charge in [-0.25, -0.2) is 9.78 Å². The highest BCUT2D eigenvalue weighted by Crippen LogP contribution is 2.25. The van der Waals surface area contributed by atoms with Crippen LogP contribution in [0, 0.1) is 0 Å². The number of oxazole rings is 1. The summed E-state index contributed by atoms with van der Waals surface area (Å²) in [5, 5.41) is 10.1. The third-order valence-corrected chi connectivity index (χ3v) is 3.77. The zero-order valence-corrected chi connectivity index (χ0v) is 12.1. The summed E-state index contributed by atoms with van der Waals surface area (Å²) in [4.78, 5) is 15.4. The molecule has 0 spiro atoms. The number of rotatable bonds is 3. The number of hydrogen-bond acceptors (Lipinski definition) is 3. The minimum atomic E-state index is -1.03. The van der Waals surface area contributed by atoms with Crippen LogP contribution in [0.2, 0.25) is 10.0 Å². The maximum Gasteiger partial charge on any atom is 0.338 e. The zero-order chi connectivity index (χ0) is 15.0.